The molecular formula is C8H11BrClF. The van der Waals surface area contributed by atoms with Crippen molar-refractivity contribution in [3.63, 3.8) is 0 Å². The number of hydrogen-bond donors (Lipinski definition) is 0. The van der Waals surface area contributed by atoms with Crippen LogP contribution in [0.3, 0.4) is 0 Å². The zero-order valence-corrected chi connectivity index (χ0v) is 8.75. The molecule has 0 spiro atoms. The maximum Gasteiger partial charge on any atom is 0.193 e. The van der Waals surface area contributed by atoms with Crippen LogP contribution in [-0.4, -0.2) is 9.96 Å². The van der Waals surface area contributed by atoms with Crippen LogP contribution in [0.5, 0.6) is 0 Å². The molecule has 0 nitrogen and oxygen atoms in total. The van der Waals surface area contributed by atoms with Crippen LogP contribution in [0.4, 0.5) is 4.39 Å². The largest absolute Gasteiger partial charge is 0.225 e. The summed E-state index contributed by atoms with van der Waals surface area (Å²) in [6.07, 6.45) is 3.11. The molecule has 0 aliphatic heterocycles. The molecule has 2 aliphatic carbocycles. The van der Waals surface area contributed by atoms with Crippen molar-refractivity contribution in [2.45, 2.75) is 36.1 Å². The summed E-state index contributed by atoms with van der Waals surface area (Å²) in [5, 5.41) is -1.42. The highest BCUT2D eigenvalue weighted by atomic mass is 79.9. The fourth-order valence-electron chi connectivity index (χ4n) is 2.40. The van der Waals surface area contributed by atoms with E-state index >= 15 is 0 Å². The van der Waals surface area contributed by atoms with E-state index in [0.717, 1.165) is 19.3 Å². The predicted molar refractivity (Wildman–Crippen MR) is 47.9 cm³/mol. The van der Waals surface area contributed by atoms with Crippen LogP contribution in [0, 0.1) is 11.3 Å². The van der Waals surface area contributed by atoms with Gasteiger partial charge in [0.25, 0.3) is 0 Å². The maximum atomic E-state index is 13.5. The molecule has 0 aromatic carbocycles. The van der Waals surface area contributed by atoms with Gasteiger partial charge in [0, 0.05) is 16.2 Å². The fraction of sp³-hybridized carbons (Fsp3) is 1.00. The second-order valence-corrected chi connectivity index (χ2v) is 5.65. The molecule has 0 amide bonds. The van der Waals surface area contributed by atoms with E-state index in [0.29, 0.717) is 4.83 Å². The Morgan fingerprint density at radius 3 is 2.73 bits per heavy atom. The molecule has 0 heterocycles. The summed E-state index contributed by atoms with van der Waals surface area (Å²) in [5.41, 5.74) is -0.235. The zero-order valence-electron chi connectivity index (χ0n) is 6.41. The second-order valence-electron chi connectivity index (χ2n) is 3.93. The van der Waals surface area contributed by atoms with E-state index in [-0.39, 0.29) is 11.3 Å². The first-order chi connectivity index (χ1) is 5.00. The summed E-state index contributed by atoms with van der Waals surface area (Å²) in [4.78, 5) is 0.295. The van der Waals surface area contributed by atoms with Crippen molar-refractivity contribution in [1.29, 1.82) is 0 Å². The minimum absolute atomic E-state index is 0.0467. The Bertz CT molecular complexity index is 195. The Morgan fingerprint density at radius 1 is 1.64 bits per heavy atom. The maximum absolute atomic E-state index is 13.5. The van der Waals surface area contributed by atoms with Crippen LogP contribution in [0.2, 0.25) is 0 Å². The van der Waals surface area contributed by atoms with Gasteiger partial charge in [-0.1, -0.05) is 40.9 Å². The third-order valence-electron chi connectivity index (χ3n) is 3.29. The van der Waals surface area contributed by atoms with E-state index in [1.54, 1.807) is 0 Å². The van der Waals surface area contributed by atoms with Gasteiger partial charge < -0.3 is 0 Å². The minimum Gasteiger partial charge on any atom is -0.225 e. The Hall–Kier alpha value is 0.700. The Balaban J connectivity index is 2.23. The van der Waals surface area contributed by atoms with E-state index in [4.69, 9.17) is 11.6 Å². The summed E-state index contributed by atoms with van der Waals surface area (Å²) >= 11 is 9.23. The highest BCUT2D eigenvalue weighted by molar-refractivity contribution is 9.09. The summed E-state index contributed by atoms with van der Waals surface area (Å²) in [7, 11) is 0. The average Bonchev–Trinajstić information content (AvgIpc) is 2.29. The van der Waals surface area contributed by atoms with Crippen molar-refractivity contribution < 1.29 is 4.39 Å². The summed E-state index contributed by atoms with van der Waals surface area (Å²) in [6, 6.07) is 0. The van der Waals surface area contributed by atoms with Crippen LogP contribution >= 0.6 is 27.5 Å². The van der Waals surface area contributed by atoms with Gasteiger partial charge in [-0.25, -0.2) is 4.39 Å². The van der Waals surface area contributed by atoms with Crippen molar-refractivity contribution in [2.24, 2.45) is 11.3 Å². The third-order valence-corrected chi connectivity index (χ3v) is 4.95. The summed E-state index contributed by atoms with van der Waals surface area (Å²) in [6.45, 7) is 1.96. The quantitative estimate of drug-likeness (QED) is 0.570. The van der Waals surface area contributed by atoms with E-state index in [1.165, 1.54) is 0 Å². The lowest BCUT2D eigenvalue weighted by molar-refractivity contribution is 0.313. The van der Waals surface area contributed by atoms with Gasteiger partial charge >= 0.3 is 0 Å². The van der Waals surface area contributed by atoms with Crippen LogP contribution < -0.4 is 0 Å². The lowest BCUT2D eigenvalue weighted by Gasteiger charge is -2.19. The highest BCUT2D eigenvalue weighted by Crippen LogP contribution is 2.74. The third kappa shape index (κ3) is 0.859. The van der Waals surface area contributed by atoms with Crippen molar-refractivity contribution in [3.05, 3.63) is 0 Å². The first-order valence-electron chi connectivity index (χ1n) is 4.02. The standard InChI is InChI=1S/C8H11BrClF/c1-7-4-2-3-5(9)6(7)8(7,10)11/h5-6H,2-4H2,1H3/t5-,6?,7-,8+/m0/s1. The Morgan fingerprint density at radius 2 is 2.27 bits per heavy atom. The van der Waals surface area contributed by atoms with E-state index < -0.39 is 5.13 Å². The average molecular weight is 242 g/mol. The van der Waals surface area contributed by atoms with E-state index in [9.17, 15) is 4.39 Å². The summed E-state index contributed by atoms with van der Waals surface area (Å²) < 4.78 is 13.5. The summed E-state index contributed by atoms with van der Waals surface area (Å²) in [5.74, 6) is 0.0467. The van der Waals surface area contributed by atoms with Crippen molar-refractivity contribution >= 4 is 27.5 Å². The highest BCUT2D eigenvalue weighted by Gasteiger charge is 2.77. The predicted octanol–water partition coefficient (Wildman–Crippen LogP) is 3.47. The normalized spacial score (nSPS) is 62.2. The molecule has 0 aromatic rings. The first-order valence-corrected chi connectivity index (χ1v) is 5.31. The number of halogens is 3. The number of fused-ring (bicyclic) bond motifs is 1. The number of alkyl halides is 3. The Labute approximate surface area is 79.6 Å². The van der Waals surface area contributed by atoms with Crippen molar-refractivity contribution in [2.75, 3.05) is 0 Å². The minimum atomic E-state index is -1.42. The number of hydrogen-bond acceptors (Lipinski definition) is 0. The Kier molecular flexibility index (Phi) is 1.61. The van der Waals surface area contributed by atoms with Gasteiger partial charge in [0.05, 0.1) is 0 Å². The lowest BCUT2D eigenvalue weighted by Crippen LogP contribution is -2.14. The molecule has 2 rings (SSSR count). The van der Waals surface area contributed by atoms with Crippen LogP contribution in [0.25, 0.3) is 0 Å². The van der Waals surface area contributed by atoms with E-state index in [1.807, 2.05) is 6.92 Å². The topological polar surface area (TPSA) is 0 Å². The molecule has 0 radical (unpaired) electrons. The van der Waals surface area contributed by atoms with Gasteiger partial charge in [0.15, 0.2) is 5.13 Å². The van der Waals surface area contributed by atoms with Crippen LogP contribution in [0.15, 0.2) is 0 Å². The molecule has 2 saturated carbocycles. The zero-order chi connectivity index (χ0) is 8.28. The smallest absolute Gasteiger partial charge is 0.193 e. The molecule has 64 valence electrons. The molecule has 2 aliphatic rings. The lowest BCUT2D eigenvalue weighted by atomic mass is 9.90. The van der Waals surface area contributed by atoms with Crippen molar-refractivity contribution in [3.8, 4) is 0 Å². The monoisotopic (exact) mass is 240 g/mol. The van der Waals surface area contributed by atoms with Crippen LogP contribution in [0.1, 0.15) is 26.2 Å². The molecule has 0 saturated heterocycles. The van der Waals surface area contributed by atoms with Gasteiger partial charge in [0.1, 0.15) is 0 Å². The molecule has 0 N–H and O–H groups in total. The van der Waals surface area contributed by atoms with Gasteiger partial charge in [-0.3, -0.25) is 0 Å². The SMILES string of the molecule is C[C@]12CCC[C@H](Br)C1[C@]2(F)Cl. The van der Waals surface area contributed by atoms with Gasteiger partial charge in [-0.05, 0) is 12.8 Å². The molecule has 0 bridgehead atoms. The fourth-order valence-corrected chi connectivity index (χ4v) is 4.37. The number of rotatable bonds is 0. The van der Waals surface area contributed by atoms with Gasteiger partial charge in [-0.2, -0.15) is 0 Å². The van der Waals surface area contributed by atoms with Crippen molar-refractivity contribution in [1.82, 2.24) is 0 Å². The molecule has 1 unspecified atom stereocenters. The van der Waals surface area contributed by atoms with E-state index in [2.05, 4.69) is 15.9 Å². The first kappa shape index (κ1) is 8.31. The van der Waals surface area contributed by atoms with Gasteiger partial charge in [-0.15, -0.1) is 0 Å². The van der Waals surface area contributed by atoms with Crippen LogP contribution in [-0.2, 0) is 0 Å². The molecule has 4 atom stereocenters. The second kappa shape index (κ2) is 2.14. The molecule has 11 heavy (non-hydrogen) atoms. The molecule has 3 heteroatoms. The molecule has 2 fully saturated rings. The molecular weight excluding hydrogens is 230 g/mol. The van der Waals surface area contributed by atoms with Gasteiger partial charge in [0.2, 0.25) is 0 Å². The molecule has 0 aromatic heterocycles.